The van der Waals surface area contributed by atoms with E-state index in [1.807, 2.05) is 13.8 Å². The summed E-state index contributed by atoms with van der Waals surface area (Å²) < 4.78 is 51.2. The second kappa shape index (κ2) is 6.38. The topological polar surface area (TPSA) is 89.3 Å². The van der Waals surface area contributed by atoms with Crippen LogP contribution in [-0.2, 0) is 14.6 Å². The molecule has 0 heterocycles. The third-order valence-electron chi connectivity index (χ3n) is 3.04. The first-order chi connectivity index (χ1) is 9.54. The monoisotopic (exact) mass is 320 g/mol. The first-order valence-corrected chi connectivity index (χ1v) is 7.96. The van der Waals surface area contributed by atoms with Gasteiger partial charge in [-0.05, 0) is 25.0 Å². The number of hydrogen-bond acceptors (Lipinski definition) is 4. The fourth-order valence-corrected chi connectivity index (χ4v) is 2.87. The summed E-state index contributed by atoms with van der Waals surface area (Å²) in [6.07, 6.45) is 0. The highest BCUT2D eigenvalue weighted by atomic mass is 32.2. The Kier molecular flexibility index (Phi) is 5.27. The number of amides is 1. The average Bonchev–Trinajstić information content (AvgIpc) is 2.24. The first-order valence-electron chi connectivity index (χ1n) is 6.31. The fraction of sp³-hybridized carbons (Fsp3) is 0.462. The number of nitrogen functional groups attached to an aromatic ring is 1. The van der Waals surface area contributed by atoms with Crippen LogP contribution in [0.25, 0.3) is 0 Å². The van der Waals surface area contributed by atoms with Crippen molar-refractivity contribution in [3.05, 3.63) is 23.8 Å². The van der Waals surface area contributed by atoms with Crippen LogP contribution in [0.5, 0.6) is 0 Å². The second-order valence-corrected chi connectivity index (χ2v) is 7.10. The van der Waals surface area contributed by atoms with Crippen molar-refractivity contribution in [1.82, 2.24) is 5.32 Å². The lowest BCUT2D eigenvalue weighted by atomic mass is 10.1. The van der Waals surface area contributed by atoms with Gasteiger partial charge in [0, 0.05) is 11.7 Å². The summed E-state index contributed by atoms with van der Waals surface area (Å²) in [6.45, 7) is 5.40. The summed E-state index contributed by atoms with van der Waals surface area (Å²) in [5.74, 6) is -4.36. The minimum absolute atomic E-state index is 0.0987. The van der Waals surface area contributed by atoms with Crippen LogP contribution >= 0.6 is 0 Å². The first kappa shape index (κ1) is 17.4. The molecule has 0 bridgehead atoms. The summed E-state index contributed by atoms with van der Waals surface area (Å²) in [5, 5.41) is 2.47. The van der Waals surface area contributed by atoms with E-state index in [1.165, 1.54) is 0 Å². The molecular formula is C13H18F2N2O3S. The zero-order chi connectivity index (χ0) is 16.4. The number of benzene rings is 1. The Hall–Kier alpha value is -1.70. The van der Waals surface area contributed by atoms with E-state index in [0.29, 0.717) is 12.1 Å². The van der Waals surface area contributed by atoms with Crippen molar-refractivity contribution in [1.29, 1.82) is 0 Å². The number of carbonyl (C=O) groups excluding carboxylic acids is 1. The van der Waals surface area contributed by atoms with Crippen LogP contribution in [-0.4, -0.2) is 26.1 Å². The largest absolute Gasteiger partial charge is 0.399 e. The number of rotatable bonds is 5. The number of hydrogen-bond donors (Lipinski definition) is 2. The van der Waals surface area contributed by atoms with Crippen molar-refractivity contribution in [3.8, 4) is 0 Å². The van der Waals surface area contributed by atoms with E-state index in [0.717, 1.165) is 0 Å². The normalized spacial score (nSPS) is 13.2. The maximum atomic E-state index is 13.6. The predicted octanol–water partition coefficient (Wildman–Crippen LogP) is 1.48. The molecule has 21 heavy (non-hydrogen) atoms. The predicted molar refractivity (Wildman–Crippen MR) is 75.3 cm³/mol. The highest BCUT2D eigenvalue weighted by molar-refractivity contribution is 7.92. The standard InChI is InChI=1S/C13H18F2N2O3S/c1-7(2)8(3)17-12(18)6-21(19,20)13-10(14)4-9(16)5-11(13)15/h4-5,7-8H,6,16H2,1-3H3,(H,17,18). The van der Waals surface area contributed by atoms with E-state index in [2.05, 4.69) is 5.32 Å². The molecule has 1 rings (SSSR count). The Labute approximate surface area is 122 Å². The van der Waals surface area contributed by atoms with E-state index >= 15 is 0 Å². The van der Waals surface area contributed by atoms with Gasteiger partial charge in [-0.2, -0.15) is 0 Å². The molecule has 3 N–H and O–H groups in total. The number of carbonyl (C=O) groups is 1. The zero-order valence-corrected chi connectivity index (χ0v) is 12.8. The van der Waals surface area contributed by atoms with Crippen LogP contribution in [0, 0.1) is 17.6 Å². The molecule has 1 aromatic rings. The molecule has 5 nitrogen and oxygen atoms in total. The number of nitrogens with one attached hydrogen (secondary N) is 1. The minimum atomic E-state index is -4.43. The molecule has 0 fully saturated rings. The summed E-state index contributed by atoms with van der Waals surface area (Å²) in [7, 11) is -4.43. The van der Waals surface area contributed by atoms with E-state index < -0.39 is 38.0 Å². The van der Waals surface area contributed by atoms with Crippen LogP contribution in [0.1, 0.15) is 20.8 Å². The van der Waals surface area contributed by atoms with Gasteiger partial charge in [0.05, 0.1) is 0 Å². The van der Waals surface area contributed by atoms with E-state index in [1.54, 1.807) is 6.92 Å². The molecule has 0 aromatic heterocycles. The van der Waals surface area contributed by atoms with Gasteiger partial charge >= 0.3 is 0 Å². The number of anilines is 1. The molecule has 1 unspecified atom stereocenters. The molecule has 0 saturated heterocycles. The van der Waals surface area contributed by atoms with Crippen molar-refractivity contribution in [2.24, 2.45) is 5.92 Å². The Bertz CT molecular complexity index is 622. The van der Waals surface area contributed by atoms with Crippen LogP contribution in [0.4, 0.5) is 14.5 Å². The average molecular weight is 320 g/mol. The Morgan fingerprint density at radius 1 is 1.24 bits per heavy atom. The minimum Gasteiger partial charge on any atom is -0.399 e. The van der Waals surface area contributed by atoms with Crippen molar-refractivity contribution in [2.45, 2.75) is 31.7 Å². The van der Waals surface area contributed by atoms with Gasteiger partial charge in [-0.3, -0.25) is 4.79 Å². The third-order valence-corrected chi connectivity index (χ3v) is 4.70. The van der Waals surface area contributed by atoms with Gasteiger partial charge in [0.2, 0.25) is 5.91 Å². The Morgan fingerprint density at radius 2 is 1.71 bits per heavy atom. The molecule has 1 aromatic carbocycles. The molecule has 118 valence electrons. The Morgan fingerprint density at radius 3 is 2.14 bits per heavy atom. The van der Waals surface area contributed by atoms with Crippen molar-refractivity contribution in [3.63, 3.8) is 0 Å². The van der Waals surface area contributed by atoms with Crippen LogP contribution < -0.4 is 11.1 Å². The smallest absolute Gasteiger partial charge is 0.235 e. The van der Waals surface area contributed by atoms with Crippen LogP contribution in [0.15, 0.2) is 17.0 Å². The SMILES string of the molecule is CC(C)C(C)NC(=O)CS(=O)(=O)c1c(F)cc(N)cc1F. The molecule has 1 atom stereocenters. The van der Waals surface area contributed by atoms with Gasteiger partial charge in [0.1, 0.15) is 22.3 Å². The molecular weight excluding hydrogens is 302 g/mol. The lowest BCUT2D eigenvalue weighted by Crippen LogP contribution is -2.39. The van der Waals surface area contributed by atoms with Gasteiger partial charge in [0.15, 0.2) is 9.84 Å². The molecule has 8 heteroatoms. The Balaban J connectivity index is 3.01. The highest BCUT2D eigenvalue weighted by Crippen LogP contribution is 2.22. The van der Waals surface area contributed by atoms with Gasteiger partial charge < -0.3 is 11.1 Å². The molecule has 0 aliphatic carbocycles. The lowest BCUT2D eigenvalue weighted by Gasteiger charge is -2.17. The van der Waals surface area contributed by atoms with Gasteiger partial charge in [-0.15, -0.1) is 0 Å². The third kappa shape index (κ3) is 4.38. The van der Waals surface area contributed by atoms with E-state index in [4.69, 9.17) is 5.73 Å². The van der Waals surface area contributed by atoms with Crippen molar-refractivity contribution in [2.75, 3.05) is 11.5 Å². The molecule has 0 aliphatic heterocycles. The summed E-state index contributed by atoms with van der Waals surface area (Å²) in [4.78, 5) is 10.5. The van der Waals surface area contributed by atoms with Gasteiger partial charge in [-0.25, -0.2) is 17.2 Å². The maximum Gasteiger partial charge on any atom is 0.235 e. The van der Waals surface area contributed by atoms with Crippen molar-refractivity contribution < 1.29 is 22.0 Å². The molecule has 0 radical (unpaired) electrons. The molecule has 1 amide bonds. The van der Waals surface area contributed by atoms with Crippen LogP contribution in [0.3, 0.4) is 0 Å². The quantitative estimate of drug-likeness (QED) is 0.804. The van der Waals surface area contributed by atoms with E-state index in [-0.39, 0.29) is 17.6 Å². The fourth-order valence-electron chi connectivity index (χ4n) is 1.58. The molecule has 0 spiro atoms. The number of halogens is 2. The molecule has 0 aliphatic rings. The van der Waals surface area contributed by atoms with Crippen molar-refractivity contribution >= 4 is 21.4 Å². The summed E-state index contributed by atoms with van der Waals surface area (Å²) in [5.41, 5.74) is 4.98. The van der Waals surface area contributed by atoms with Gasteiger partial charge in [-0.1, -0.05) is 13.8 Å². The lowest BCUT2D eigenvalue weighted by molar-refractivity contribution is -0.119. The summed E-state index contributed by atoms with van der Waals surface area (Å²) >= 11 is 0. The molecule has 0 saturated carbocycles. The second-order valence-electron chi connectivity index (χ2n) is 5.17. The maximum absolute atomic E-state index is 13.6. The summed E-state index contributed by atoms with van der Waals surface area (Å²) in [6, 6.07) is 1.14. The van der Waals surface area contributed by atoms with E-state index in [9.17, 15) is 22.0 Å². The highest BCUT2D eigenvalue weighted by Gasteiger charge is 2.28. The number of sulfone groups is 1. The zero-order valence-electron chi connectivity index (χ0n) is 12.0. The number of nitrogens with two attached hydrogens (primary N) is 1. The van der Waals surface area contributed by atoms with Gasteiger partial charge in [0.25, 0.3) is 0 Å². The van der Waals surface area contributed by atoms with Crippen LogP contribution in [0.2, 0.25) is 0 Å².